The number of hydrogen-bond donors (Lipinski definition) is 2. The molecule has 0 aromatic heterocycles. The van der Waals surface area contributed by atoms with E-state index in [4.69, 9.17) is 10.5 Å². The average molecular weight is 342 g/mol. The number of primary amides is 1. The van der Waals surface area contributed by atoms with E-state index >= 15 is 0 Å². The summed E-state index contributed by atoms with van der Waals surface area (Å²) in [7, 11) is -3.98. The summed E-state index contributed by atoms with van der Waals surface area (Å²) in [6.07, 6.45) is -1.16. The van der Waals surface area contributed by atoms with Crippen LogP contribution >= 0.6 is 0 Å². The van der Waals surface area contributed by atoms with Gasteiger partial charge in [-0.25, -0.2) is 8.42 Å². The summed E-state index contributed by atoms with van der Waals surface area (Å²) in [4.78, 5) is 33.6. The highest BCUT2D eigenvalue weighted by Gasteiger charge is 2.25. The van der Waals surface area contributed by atoms with Crippen LogP contribution in [0.3, 0.4) is 0 Å². The molecule has 0 saturated carbocycles. The molecule has 0 bridgehead atoms. The number of nitrogens with one attached hydrogen (secondary N) is 1. The standard InChI is InChI=1S/C14H18N2O6S/c1-8(14(19)22-10(3)13(15)18)16-23(20,21)12-6-4-11(5-7-12)9(2)17/h4-8,10,16H,1-3H3,(H2,15,18)/t8-,10-/m1/s1. The molecular formula is C14H18N2O6S. The monoisotopic (exact) mass is 342 g/mol. The average Bonchev–Trinajstić information content (AvgIpc) is 2.46. The maximum absolute atomic E-state index is 12.2. The fourth-order valence-electron chi connectivity index (χ4n) is 1.55. The Balaban J connectivity index is 2.83. The van der Waals surface area contributed by atoms with Gasteiger partial charge in [-0.05, 0) is 32.9 Å². The first-order chi connectivity index (χ1) is 10.5. The molecule has 0 saturated heterocycles. The van der Waals surface area contributed by atoms with Crippen molar-refractivity contribution in [3.8, 4) is 0 Å². The number of ether oxygens (including phenoxy) is 1. The first kappa shape index (κ1) is 18.8. The number of ketones is 1. The second-order valence-electron chi connectivity index (χ2n) is 4.91. The van der Waals surface area contributed by atoms with Gasteiger partial charge in [0.1, 0.15) is 6.04 Å². The lowest BCUT2D eigenvalue weighted by atomic mass is 10.2. The van der Waals surface area contributed by atoms with Gasteiger partial charge in [0, 0.05) is 5.56 Å². The van der Waals surface area contributed by atoms with Crippen LogP contribution in [0.2, 0.25) is 0 Å². The molecule has 2 atom stereocenters. The van der Waals surface area contributed by atoms with Crippen molar-refractivity contribution < 1.29 is 27.5 Å². The number of carbonyl (C=O) groups excluding carboxylic acids is 3. The zero-order valence-corrected chi connectivity index (χ0v) is 13.7. The predicted octanol–water partition coefficient (Wildman–Crippen LogP) is -0.0270. The van der Waals surface area contributed by atoms with Crippen molar-refractivity contribution in [2.45, 2.75) is 37.8 Å². The van der Waals surface area contributed by atoms with Crippen LogP contribution < -0.4 is 10.5 Å². The molecule has 126 valence electrons. The molecular weight excluding hydrogens is 324 g/mol. The number of benzene rings is 1. The van der Waals surface area contributed by atoms with E-state index in [0.29, 0.717) is 5.56 Å². The van der Waals surface area contributed by atoms with Gasteiger partial charge in [-0.2, -0.15) is 4.72 Å². The van der Waals surface area contributed by atoms with Gasteiger partial charge in [0.05, 0.1) is 4.90 Å². The minimum Gasteiger partial charge on any atom is -0.451 e. The van der Waals surface area contributed by atoms with Crippen molar-refractivity contribution >= 4 is 27.7 Å². The molecule has 23 heavy (non-hydrogen) atoms. The van der Waals surface area contributed by atoms with E-state index < -0.39 is 34.0 Å². The van der Waals surface area contributed by atoms with E-state index in [2.05, 4.69) is 4.72 Å². The van der Waals surface area contributed by atoms with Gasteiger partial charge < -0.3 is 10.5 Å². The third-order valence-electron chi connectivity index (χ3n) is 2.95. The van der Waals surface area contributed by atoms with E-state index in [9.17, 15) is 22.8 Å². The smallest absolute Gasteiger partial charge is 0.324 e. The molecule has 1 aromatic rings. The molecule has 0 radical (unpaired) electrons. The molecule has 0 unspecified atom stereocenters. The summed E-state index contributed by atoms with van der Waals surface area (Å²) < 4.78 is 31.2. The van der Waals surface area contributed by atoms with Crippen LogP contribution in [0, 0.1) is 0 Å². The molecule has 9 heteroatoms. The van der Waals surface area contributed by atoms with Crippen LogP contribution in [0.25, 0.3) is 0 Å². The Bertz CT molecular complexity index is 711. The molecule has 0 fully saturated rings. The predicted molar refractivity (Wildman–Crippen MR) is 81.0 cm³/mol. The fourth-order valence-corrected chi connectivity index (χ4v) is 2.74. The molecule has 0 heterocycles. The van der Waals surface area contributed by atoms with Gasteiger partial charge in [0.25, 0.3) is 5.91 Å². The minimum atomic E-state index is -3.98. The van der Waals surface area contributed by atoms with E-state index in [1.165, 1.54) is 45.0 Å². The van der Waals surface area contributed by atoms with Gasteiger partial charge >= 0.3 is 5.97 Å². The SMILES string of the molecule is CC(=O)c1ccc(S(=O)(=O)N[C@H](C)C(=O)O[C@H](C)C(N)=O)cc1. The molecule has 0 aliphatic carbocycles. The minimum absolute atomic E-state index is 0.106. The number of hydrogen-bond acceptors (Lipinski definition) is 6. The van der Waals surface area contributed by atoms with Crippen LogP contribution in [0.15, 0.2) is 29.2 Å². The van der Waals surface area contributed by atoms with E-state index in [-0.39, 0.29) is 10.7 Å². The van der Waals surface area contributed by atoms with E-state index in [0.717, 1.165) is 0 Å². The molecule has 0 aliphatic heterocycles. The summed E-state index contributed by atoms with van der Waals surface area (Å²) >= 11 is 0. The number of Topliss-reactive ketones (excluding diaryl/α,β-unsaturated/α-hetero) is 1. The summed E-state index contributed by atoms with van der Waals surface area (Å²) in [5.74, 6) is -1.97. The number of nitrogens with two attached hydrogens (primary N) is 1. The van der Waals surface area contributed by atoms with Crippen molar-refractivity contribution in [1.82, 2.24) is 4.72 Å². The van der Waals surface area contributed by atoms with E-state index in [1.807, 2.05) is 0 Å². The van der Waals surface area contributed by atoms with Crippen molar-refractivity contribution in [1.29, 1.82) is 0 Å². The summed E-state index contributed by atoms with van der Waals surface area (Å²) in [5, 5.41) is 0. The highest BCUT2D eigenvalue weighted by molar-refractivity contribution is 7.89. The van der Waals surface area contributed by atoms with E-state index in [1.54, 1.807) is 0 Å². The first-order valence-electron chi connectivity index (χ1n) is 6.67. The Labute approximate surface area is 134 Å². The topological polar surface area (TPSA) is 133 Å². The van der Waals surface area contributed by atoms with Crippen molar-refractivity contribution in [3.63, 3.8) is 0 Å². The number of carbonyl (C=O) groups is 3. The zero-order chi connectivity index (χ0) is 17.8. The number of amides is 1. The maximum Gasteiger partial charge on any atom is 0.324 e. The Morgan fingerprint density at radius 1 is 1.13 bits per heavy atom. The first-order valence-corrected chi connectivity index (χ1v) is 8.16. The zero-order valence-electron chi connectivity index (χ0n) is 12.9. The second-order valence-corrected chi connectivity index (χ2v) is 6.62. The third-order valence-corrected chi connectivity index (χ3v) is 4.51. The van der Waals surface area contributed by atoms with Gasteiger partial charge in [-0.1, -0.05) is 12.1 Å². The molecule has 0 aliphatic rings. The van der Waals surface area contributed by atoms with Crippen LogP contribution in [0.4, 0.5) is 0 Å². The maximum atomic E-state index is 12.2. The van der Waals surface area contributed by atoms with Gasteiger partial charge in [0.2, 0.25) is 10.0 Å². The summed E-state index contributed by atoms with van der Waals surface area (Å²) in [5.41, 5.74) is 5.33. The number of esters is 1. The Kier molecular flexibility index (Phi) is 5.99. The lowest BCUT2D eigenvalue weighted by molar-refractivity contribution is -0.155. The molecule has 1 aromatic carbocycles. The Morgan fingerprint density at radius 2 is 1.65 bits per heavy atom. The lowest BCUT2D eigenvalue weighted by Crippen LogP contribution is -2.42. The quantitative estimate of drug-likeness (QED) is 0.528. The summed E-state index contributed by atoms with van der Waals surface area (Å²) in [6, 6.07) is 4.03. The number of rotatable bonds is 7. The molecule has 1 amide bonds. The number of sulfonamides is 1. The van der Waals surface area contributed by atoms with Crippen LogP contribution in [0.1, 0.15) is 31.1 Å². The summed E-state index contributed by atoms with van der Waals surface area (Å²) in [6.45, 7) is 3.92. The normalized spacial score (nSPS) is 13.9. The van der Waals surface area contributed by atoms with Crippen LogP contribution in [-0.2, 0) is 24.3 Å². The van der Waals surface area contributed by atoms with Crippen LogP contribution in [0.5, 0.6) is 0 Å². The molecule has 3 N–H and O–H groups in total. The van der Waals surface area contributed by atoms with Crippen molar-refractivity contribution in [2.75, 3.05) is 0 Å². The van der Waals surface area contributed by atoms with Crippen molar-refractivity contribution in [3.05, 3.63) is 29.8 Å². The van der Waals surface area contributed by atoms with Crippen molar-refractivity contribution in [2.24, 2.45) is 5.73 Å². The largest absolute Gasteiger partial charge is 0.451 e. The highest BCUT2D eigenvalue weighted by atomic mass is 32.2. The van der Waals surface area contributed by atoms with Gasteiger partial charge in [-0.3, -0.25) is 14.4 Å². The fraction of sp³-hybridized carbons (Fsp3) is 0.357. The Morgan fingerprint density at radius 3 is 2.09 bits per heavy atom. The highest BCUT2D eigenvalue weighted by Crippen LogP contribution is 2.12. The van der Waals surface area contributed by atoms with Gasteiger partial charge in [0.15, 0.2) is 11.9 Å². The van der Waals surface area contributed by atoms with Gasteiger partial charge in [-0.15, -0.1) is 0 Å². The lowest BCUT2D eigenvalue weighted by Gasteiger charge is -2.16. The van der Waals surface area contributed by atoms with Crippen LogP contribution in [-0.4, -0.2) is 38.2 Å². The molecule has 0 spiro atoms. The Hall–Kier alpha value is -2.26. The third kappa shape index (κ3) is 5.15. The molecule has 1 rings (SSSR count). The second kappa shape index (κ2) is 7.34. The molecule has 8 nitrogen and oxygen atoms in total.